The predicted octanol–water partition coefficient (Wildman–Crippen LogP) is 1.25. The van der Waals surface area contributed by atoms with E-state index in [0.29, 0.717) is 0 Å². The fourth-order valence-electron chi connectivity index (χ4n) is 1.66. The Bertz CT molecular complexity index is 530. The van der Waals surface area contributed by atoms with Crippen LogP contribution in [0.2, 0.25) is 0 Å². The zero-order chi connectivity index (χ0) is 16.2. The molecule has 1 rings (SSSR count). The SMILES string of the molecule is COC(=O)[C@@H](NC(=O)C(F)(F)F)[C@@H](O)c1cccc(C)c1. The van der Waals surface area contributed by atoms with Gasteiger partial charge in [-0.05, 0) is 12.5 Å². The van der Waals surface area contributed by atoms with Crippen LogP contribution in [0.25, 0.3) is 0 Å². The molecule has 1 amide bonds. The zero-order valence-corrected chi connectivity index (χ0v) is 11.3. The van der Waals surface area contributed by atoms with Gasteiger partial charge in [-0.3, -0.25) is 4.79 Å². The van der Waals surface area contributed by atoms with Gasteiger partial charge in [0.05, 0.1) is 7.11 Å². The Morgan fingerprint density at radius 2 is 1.95 bits per heavy atom. The molecule has 0 radical (unpaired) electrons. The minimum atomic E-state index is -5.17. The maximum absolute atomic E-state index is 12.3. The maximum atomic E-state index is 12.3. The van der Waals surface area contributed by atoms with Crippen molar-refractivity contribution in [2.45, 2.75) is 25.2 Å². The summed E-state index contributed by atoms with van der Waals surface area (Å²) in [6.07, 6.45) is -6.83. The van der Waals surface area contributed by atoms with Crippen molar-refractivity contribution in [1.82, 2.24) is 5.32 Å². The summed E-state index contributed by atoms with van der Waals surface area (Å²) in [7, 11) is 0.943. The zero-order valence-electron chi connectivity index (χ0n) is 11.3. The molecular formula is C13H14F3NO4. The molecule has 21 heavy (non-hydrogen) atoms. The van der Waals surface area contributed by atoms with E-state index in [9.17, 15) is 27.9 Å². The first-order chi connectivity index (χ1) is 9.66. The molecule has 0 saturated heterocycles. The normalized spacial score (nSPS) is 14.2. The minimum absolute atomic E-state index is 0.188. The lowest BCUT2D eigenvalue weighted by Crippen LogP contribution is -2.50. The average Bonchev–Trinajstić information content (AvgIpc) is 2.41. The summed E-state index contributed by atoms with van der Waals surface area (Å²) in [6.45, 7) is 1.71. The second-order valence-corrected chi connectivity index (χ2v) is 4.33. The number of amides is 1. The monoisotopic (exact) mass is 305 g/mol. The van der Waals surface area contributed by atoms with Crippen LogP contribution >= 0.6 is 0 Å². The molecule has 0 aliphatic rings. The fourth-order valence-corrected chi connectivity index (χ4v) is 1.66. The van der Waals surface area contributed by atoms with Crippen molar-refractivity contribution in [2.75, 3.05) is 7.11 Å². The Hall–Kier alpha value is -2.09. The highest BCUT2D eigenvalue weighted by Crippen LogP contribution is 2.21. The quantitative estimate of drug-likeness (QED) is 0.821. The highest BCUT2D eigenvalue weighted by atomic mass is 19.4. The second kappa shape index (κ2) is 6.57. The maximum Gasteiger partial charge on any atom is 0.471 e. The fraction of sp³-hybridized carbons (Fsp3) is 0.385. The lowest BCUT2D eigenvalue weighted by Gasteiger charge is -2.23. The van der Waals surface area contributed by atoms with Crippen LogP contribution in [0.15, 0.2) is 24.3 Å². The number of carbonyl (C=O) groups excluding carboxylic acids is 2. The van der Waals surface area contributed by atoms with Gasteiger partial charge < -0.3 is 15.2 Å². The van der Waals surface area contributed by atoms with Gasteiger partial charge in [0, 0.05) is 0 Å². The molecule has 0 spiro atoms. The number of nitrogens with one attached hydrogen (secondary N) is 1. The van der Waals surface area contributed by atoms with E-state index >= 15 is 0 Å². The highest BCUT2D eigenvalue weighted by molar-refractivity contribution is 5.88. The van der Waals surface area contributed by atoms with Crippen LogP contribution in [0.5, 0.6) is 0 Å². The topological polar surface area (TPSA) is 75.6 Å². The van der Waals surface area contributed by atoms with Crippen molar-refractivity contribution in [3.8, 4) is 0 Å². The van der Waals surface area contributed by atoms with Gasteiger partial charge in [0.25, 0.3) is 0 Å². The van der Waals surface area contributed by atoms with Crippen molar-refractivity contribution in [3.05, 3.63) is 35.4 Å². The van der Waals surface area contributed by atoms with Crippen LogP contribution in [0.4, 0.5) is 13.2 Å². The number of methoxy groups -OCH3 is 1. The number of halogens is 3. The van der Waals surface area contributed by atoms with Crippen molar-refractivity contribution in [1.29, 1.82) is 0 Å². The Morgan fingerprint density at radius 1 is 1.33 bits per heavy atom. The molecule has 5 nitrogen and oxygen atoms in total. The summed E-state index contributed by atoms with van der Waals surface area (Å²) in [6, 6.07) is 4.32. The number of rotatable bonds is 4. The molecule has 0 heterocycles. The van der Waals surface area contributed by atoms with Crippen LogP contribution in [-0.4, -0.2) is 36.3 Å². The lowest BCUT2D eigenvalue weighted by atomic mass is 10.0. The van der Waals surface area contributed by atoms with E-state index in [1.807, 2.05) is 0 Å². The summed E-state index contributed by atoms with van der Waals surface area (Å²) < 4.78 is 41.1. The molecule has 116 valence electrons. The van der Waals surface area contributed by atoms with Crippen LogP contribution in [0, 0.1) is 6.92 Å². The number of aryl methyl sites for hydroxylation is 1. The minimum Gasteiger partial charge on any atom is -0.467 e. The number of carbonyl (C=O) groups is 2. The Labute approximate surface area is 118 Å². The van der Waals surface area contributed by atoms with Crippen molar-refractivity contribution in [3.63, 3.8) is 0 Å². The van der Waals surface area contributed by atoms with Crippen LogP contribution in [-0.2, 0) is 14.3 Å². The number of hydrogen-bond donors (Lipinski definition) is 2. The molecule has 0 aromatic heterocycles. The van der Waals surface area contributed by atoms with E-state index in [-0.39, 0.29) is 5.56 Å². The van der Waals surface area contributed by atoms with Crippen molar-refractivity contribution in [2.24, 2.45) is 0 Å². The molecule has 0 fully saturated rings. The highest BCUT2D eigenvalue weighted by Gasteiger charge is 2.42. The Kier molecular flexibility index (Phi) is 5.31. The molecule has 0 aliphatic heterocycles. The first kappa shape index (κ1) is 17.0. The molecule has 1 aromatic rings. The molecule has 1 aromatic carbocycles. The van der Waals surface area contributed by atoms with E-state index in [1.165, 1.54) is 17.4 Å². The summed E-state index contributed by atoms with van der Waals surface area (Å²) >= 11 is 0. The van der Waals surface area contributed by atoms with Gasteiger partial charge in [0.1, 0.15) is 6.10 Å². The number of benzene rings is 1. The largest absolute Gasteiger partial charge is 0.471 e. The average molecular weight is 305 g/mol. The first-order valence-corrected chi connectivity index (χ1v) is 5.87. The summed E-state index contributed by atoms with van der Waals surface area (Å²) in [5.74, 6) is -3.51. The Balaban J connectivity index is 3.03. The number of aliphatic hydroxyl groups is 1. The summed E-state index contributed by atoms with van der Waals surface area (Å²) in [5.41, 5.74) is 0.921. The number of ether oxygens (including phenoxy) is 1. The van der Waals surface area contributed by atoms with Gasteiger partial charge in [-0.1, -0.05) is 29.8 Å². The smallest absolute Gasteiger partial charge is 0.467 e. The van der Waals surface area contributed by atoms with Gasteiger partial charge in [-0.15, -0.1) is 0 Å². The van der Waals surface area contributed by atoms with Crippen LogP contribution in [0.3, 0.4) is 0 Å². The number of aliphatic hydroxyl groups excluding tert-OH is 1. The first-order valence-electron chi connectivity index (χ1n) is 5.87. The molecule has 0 saturated carbocycles. The van der Waals surface area contributed by atoms with Crippen molar-refractivity contribution >= 4 is 11.9 Å². The number of esters is 1. The van der Waals surface area contributed by atoms with E-state index < -0.39 is 30.2 Å². The third-order valence-electron chi connectivity index (χ3n) is 2.70. The Morgan fingerprint density at radius 3 is 2.43 bits per heavy atom. The van der Waals surface area contributed by atoms with E-state index in [1.54, 1.807) is 19.1 Å². The molecule has 0 unspecified atom stereocenters. The number of hydrogen-bond acceptors (Lipinski definition) is 4. The van der Waals surface area contributed by atoms with Gasteiger partial charge in [0.2, 0.25) is 0 Å². The molecule has 8 heteroatoms. The molecule has 2 atom stereocenters. The summed E-state index contributed by atoms with van der Waals surface area (Å²) in [4.78, 5) is 22.5. The summed E-state index contributed by atoms with van der Waals surface area (Å²) in [5, 5.41) is 11.5. The lowest BCUT2D eigenvalue weighted by molar-refractivity contribution is -0.177. The van der Waals surface area contributed by atoms with Crippen molar-refractivity contribution < 1.29 is 32.6 Å². The van der Waals surface area contributed by atoms with Crippen LogP contribution < -0.4 is 5.32 Å². The van der Waals surface area contributed by atoms with Gasteiger partial charge in [0.15, 0.2) is 6.04 Å². The van der Waals surface area contributed by atoms with Gasteiger partial charge in [-0.25, -0.2) is 4.79 Å². The predicted molar refractivity (Wildman–Crippen MR) is 66.1 cm³/mol. The molecule has 2 N–H and O–H groups in total. The second-order valence-electron chi connectivity index (χ2n) is 4.33. The third kappa shape index (κ3) is 4.45. The molecular weight excluding hydrogens is 291 g/mol. The number of alkyl halides is 3. The third-order valence-corrected chi connectivity index (χ3v) is 2.70. The van der Waals surface area contributed by atoms with Gasteiger partial charge >= 0.3 is 18.1 Å². The van der Waals surface area contributed by atoms with E-state index in [4.69, 9.17) is 0 Å². The standard InChI is InChI=1S/C13H14F3NO4/c1-7-4-3-5-8(6-7)10(18)9(11(19)21-2)17-12(20)13(14,15)16/h3-6,9-10,18H,1-2H3,(H,17,20)/t9-,10-/m0/s1. The molecule has 0 bridgehead atoms. The molecule has 0 aliphatic carbocycles. The van der Waals surface area contributed by atoms with E-state index in [0.717, 1.165) is 12.7 Å². The van der Waals surface area contributed by atoms with Gasteiger partial charge in [-0.2, -0.15) is 13.2 Å². The van der Waals surface area contributed by atoms with Crippen LogP contribution in [0.1, 0.15) is 17.2 Å². The van der Waals surface area contributed by atoms with E-state index in [2.05, 4.69) is 4.74 Å².